The zero-order chi connectivity index (χ0) is 25.8. The van der Waals surface area contributed by atoms with Crippen molar-refractivity contribution in [1.29, 1.82) is 0 Å². The predicted molar refractivity (Wildman–Crippen MR) is 150 cm³/mol. The van der Waals surface area contributed by atoms with Crippen molar-refractivity contribution in [2.45, 2.75) is 13.0 Å². The van der Waals surface area contributed by atoms with Gasteiger partial charge in [0, 0.05) is 5.56 Å². The summed E-state index contributed by atoms with van der Waals surface area (Å²) >= 11 is 0.923. The molecule has 0 unspecified atom stereocenters. The van der Waals surface area contributed by atoms with Gasteiger partial charge in [0.25, 0.3) is 11.1 Å². The molecule has 0 N–H and O–H groups in total. The molecule has 5 nitrogen and oxygen atoms in total. The molecule has 4 aromatic carbocycles. The van der Waals surface area contributed by atoms with E-state index in [9.17, 15) is 9.59 Å². The Hall–Kier alpha value is -4.29. The Labute approximate surface area is 220 Å². The fraction of sp³-hybridized carbons (Fsp3) is 0.0968. The van der Waals surface area contributed by atoms with Gasteiger partial charge in [-0.15, -0.1) is 6.58 Å². The van der Waals surface area contributed by atoms with Gasteiger partial charge in [-0.3, -0.25) is 9.59 Å². The summed E-state index contributed by atoms with van der Waals surface area (Å²) in [6.45, 7) is 4.26. The van der Waals surface area contributed by atoms with Crippen LogP contribution < -0.4 is 14.4 Å². The number of hydrogen-bond donors (Lipinski definition) is 0. The normalized spacial score (nSPS) is 14.4. The van der Waals surface area contributed by atoms with E-state index in [1.54, 1.807) is 43.5 Å². The SMILES string of the molecule is C=CCc1cc(/C=C2\SC(=O)N(c3ccccc3)C2=O)cc(OC)c1OCc1ccc2ccccc2c1. The third-order valence-corrected chi connectivity index (χ3v) is 6.91. The Bertz CT molecular complexity index is 1530. The molecule has 37 heavy (non-hydrogen) atoms. The summed E-state index contributed by atoms with van der Waals surface area (Å²) in [7, 11) is 1.59. The second kappa shape index (κ2) is 10.8. The number of carbonyl (C=O) groups excluding carboxylic acids is 2. The number of hydrogen-bond acceptors (Lipinski definition) is 5. The Morgan fingerprint density at radius 2 is 1.68 bits per heavy atom. The van der Waals surface area contributed by atoms with Crippen molar-refractivity contribution in [3.05, 3.63) is 119 Å². The van der Waals surface area contributed by atoms with Crippen LogP contribution in [0.15, 0.2) is 102 Å². The highest BCUT2D eigenvalue weighted by Gasteiger charge is 2.36. The van der Waals surface area contributed by atoms with Gasteiger partial charge in [0.1, 0.15) is 6.61 Å². The van der Waals surface area contributed by atoms with Gasteiger partial charge in [-0.1, -0.05) is 60.7 Å². The average Bonchev–Trinajstić information content (AvgIpc) is 3.20. The molecular formula is C31H25NO4S. The topological polar surface area (TPSA) is 55.8 Å². The van der Waals surface area contributed by atoms with Crippen molar-refractivity contribution in [2.75, 3.05) is 12.0 Å². The van der Waals surface area contributed by atoms with Gasteiger partial charge in [0.05, 0.1) is 17.7 Å². The van der Waals surface area contributed by atoms with Crippen LogP contribution in [0.1, 0.15) is 16.7 Å². The highest BCUT2D eigenvalue weighted by atomic mass is 32.2. The van der Waals surface area contributed by atoms with Gasteiger partial charge < -0.3 is 9.47 Å². The minimum Gasteiger partial charge on any atom is -0.493 e. The molecule has 1 aliphatic heterocycles. The lowest BCUT2D eigenvalue weighted by Crippen LogP contribution is -2.27. The van der Waals surface area contributed by atoms with Crippen molar-refractivity contribution in [3.63, 3.8) is 0 Å². The number of ether oxygens (including phenoxy) is 2. The molecule has 0 spiro atoms. The van der Waals surface area contributed by atoms with E-state index in [0.717, 1.165) is 33.8 Å². The first-order chi connectivity index (χ1) is 18.1. The number of nitrogens with zero attached hydrogens (tertiary/aromatic N) is 1. The first-order valence-electron chi connectivity index (χ1n) is 11.8. The number of anilines is 1. The molecule has 1 saturated heterocycles. The predicted octanol–water partition coefficient (Wildman–Crippen LogP) is 7.40. The molecule has 6 heteroatoms. The minimum atomic E-state index is -0.345. The molecule has 4 aromatic rings. The van der Waals surface area contributed by atoms with Crippen LogP contribution in [0.3, 0.4) is 0 Å². The van der Waals surface area contributed by atoms with E-state index in [4.69, 9.17) is 9.47 Å². The summed E-state index contributed by atoms with van der Waals surface area (Å²) in [5.74, 6) is 0.834. The first-order valence-corrected chi connectivity index (χ1v) is 12.6. The Kier molecular flexibility index (Phi) is 7.10. The van der Waals surface area contributed by atoms with Gasteiger partial charge in [-0.2, -0.15) is 0 Å². The number of methoxy groups -OCH3 is 1. The molecule has 0 radical (unpaired) electrons. The van der Waals surface area contributed by atoms with Crippen molar-refractivity contribution >= 4 is 45.4 Å². The molecule has 0 saturated carbocycles. The molecule has 184 valence electrons. The number of amides is 2. The van der Waals surface area contributed by atoms with Crippen LogP contribution in [0.5, 0.6) is 11.5 Å². The van der Waals surface area contributed by atoms with E-state index in [0.29, 0.717) is 35.1 Å². The van der Waals surface area contributed by atoms with Crippen LogP contribution in [-0.4, -0.2) is 18.3 Å². The highest BCUT2D eigenvalue weighted by Crippen LogP contribution is 2.39. The summed E-state index contributed by atoms with van der Waals surface area (Å²) in [4.78, 5) is 27.2. The van der Waals surface area contributed by atoms with E-state index in [1.807, 2.05) is 30.3 Å². The molecule has 1 aliphatic rings. The fourth-order valence-electron chi connectivity index (χ4n) is 4.29. The zero-order valence-electron chi connectivity index (χ0n) is 20.3. The summed E-state index contributed by atoms with van der Waals surface area (Å²) in [5.41, 5.74) is 3.22. The van der Waals surface area contributed by atoms with Crippen LogP contribution in [0.4, 0.5) is 10.5 Å². The largest absolute Gasteiger partial charge is 0.493 e. The Balaban J connectivity index is 1.43. The number of benzene rings is 4. The number of imide groups is 1. The second-order valence-corrected chi connectivity index (χ2v) is 9.52. The lowest BCUT2D eigenvalue weighted by molar-refractivity contribution is -0.113. The molecule has 1 fully saturated rings. The van der Waals surface area contributed by atoms with Crippen LogP contribution in [-0.2, 0) is 17.8 Å². The smallest absolute Gasteiger partial charge is 0.298 e. The summed E-state index contributed by atoms with van der Waals surface area (Å²) in [6, 6.07) is 27.1. The van der Waals surface area contributed by atoms with Crippen LogP contribution >= 0.6 is 11.8 Å². The standard InChI is InChI=1S/C31H25NO4S/c1-3-9-25-17-22(19-28-30(33)32(31(34)37-28)26-12-5-4-6-13-26)18-27(35-2)29(25)36-20-21-14-15-23-10-7-8-11-24(23)16-21/h3-8,10-19H,1,9,20H2,2H3/b28-19-. The third-order valence-electron chi connectivity index (χ3n) is 6.04. The Morgan fingerprint density at radius 1 is 0.919 bits per heavy atom. The summed E-state index contributed by atoms with van der Waals surface area (Å²) in [5, 5.41) is 2.01. The zero-order valence-corrected chi connectivity index (χ0v) is 21.2. The van der Waals surface area contributed by atoms with Crippen LogP contribution in [0.25, 0.3) is 16.8 Å². The number of para-hydroxylation sites is 1. The number of carbonyl (C=O) groups is 2. The maximum Gasteiger partial charge on any atom is 0.298 e. The molecular weight excluding hydrogens is 482 g/mol. The lowest BCUT2D eigenvalue weighted by Gasteiger charge is -2.16. The maximum atomic E-state index is 13.0. The second-order valence-electron chi connectivity index (χ2n) is 8.53. The van der Waals surface area contributed by atoms with Crippen molar-refractivity contribution < 1.29 is 19.1 Å². The number of thioether (sulfide) groups is 1. The lowest BCUT2D eigenvalue weighted by atomic mass is 10.0. The van der Waals surface area contributed by atoms with Gasteiger partial charge in [-0.05, 0) is 76.5 Å². The molecule has 0 atom stereocenters. The molecule has 1 heterocycles. The van der Waals surface area contributed by atoms with Gasteiger partial charge in [-0.25, -0.2) is 4.90 Å². The third kappa shape index (κ3) is 5.15. The maximum absolute atomic E-state index is 13.0. The monoisotopic (exact) mass is 507 g/mol. The fourth-order valence-corrected chi connectivity index (χ4v) is 5.13. The molecule has 0 bridgehead atoms. The summed E-state index contributed by atoms with van der Waals surface area (Å²) < 4.78 is 11.9. The molecule has 0 aliphatic carbocycles. The quantitative estimate of drug-likeness (QED) is 0.184. The van der Waals surface area contributed by atoms with Gasteiger partial charge in [0.2, 0.25) is 0 Å². The molecule has 5 rings (SSSR count). The van der Waals surface area contributed by atoms with Gasteiger partial charge in [0.15, 0.2) is 11.5 Å². The number of rotatable bonds is 8. The minimum absolute atomic E-state index is 0.323. The first kappa shape index (κ1) is 24.4. The van der Waals surface area contributed by atoms with E-state index < -0.39 is 0 Å². The molecule has 0 aromatic heterocycles. The molecule has 2 amide bonds. The van der Waals surface area contributed by atoms with E-state index >= 15 is 0 Å². The van der Waals surface area contributed by atoms with Crippen LogP contribution in [0.2, 0.25) is 0 Å². The summed E-state index contributed by atoms with van der Waals surface area (Å²) in [6.07, 6.45) is 4.07. The van der Waals surface area contributed by atoms with Crippen molar-refractivity contribution in [1.82, 2.24) is 0 Å². The van der Waals surface area contributed by atoms with Gasteiger partial charge >= 0.3 is 0 Å². The number of allylic oxidation sites excluding steroid dienone is 1. The van der Waals surface area contributed by atoms with E-state index in [1.165, 1.54) is 10.3 Å². The van der Waals surface area contributed by atoms with E-state index in [-0.39, 0.29) is 11.1 Å². The highest BCUT2D eigenvalue weighted by molar-refractivity contribution is 8.19. The van der Waals surface area contributed by atoms with E-state index in [2.05, 4.69) is 36.9 Å². The van der Waals surface area contributed by atoms with Crippen LogP contribution in [0, 0.1) is 0 Å². The van der Waals surface area contributed by atoms with Crippen molar-refractivity contribution in [2.24, 2.45) is 0 Å². The average molecular weight is 508 g/mol. The number of fused-ring (bicyclic) bond motifs is 1. The Morgan fingerprint density at radius 3 is 2.43 bits per heavy atom. The van der Waals surface area contributed by atoms with Crippen molar-refractivity contribution in [3.8, 4) is 11.5 Å².